The van der Waals surface area contributed by atoms with Crippen molar-refractivity contribution in [2.45, 2.75) is 0 Å². The van der Waals surface area contributed by atoms with Crippen molar-refractivity contribution in [1.29, 1.82) is 0 Å². The maximum Gasteiger partial charge on any atom is 0.231 e. The third-order valence-electron chi connectivity index (χ3n) is 2.54. The van der Waals surface area contributed by atoms with Gasteiger partial charge in [-0.2, -0.15) is 0 Å². The molecule has 1 aliphatic rings. The van der Waals surface area contributed by atoms with Crippen LogP contribution in [-0.2, 0) is 0 Å². The van der Waals surface area contributed by atoms with E-state index in [9.17, 15) is 4.79 Å². The summed E-state index contributed by atoms with van der Waals surface area (Å²) in [5.41, 5.74) is 0.634. The molecule has 0 aromatic heterocycles. The van der Waals surface area contributed by atoms with E-state index in [-0.39, 0.29) is 6.79 Å². The Hall–Kier alpha value is -2.03. The maximum absolute atomic E-state index is 10.9. The summed E-state index contributed by atoms with van der Waals surface area (Å²) in [6, 6.07) is 9.37. The summed E-state index contributed by atoms with van der Waals surface area (Å²) in [5.74, 6) is 1.38. The Labute approximate surface area is 86.2 Å². The number of carbonyl (C=O) groups is 1. The summed E-state index contributed by atoms with van der Waals surface area (Å²) in [7, 11) is 0. The van der Waals surface area contributed by atoms with Crippen LogP contribution in [0.25, 0.3) is 10.8 Å². The molecule has 1 aliphatic heterocycles. The largest absolute Gasteiger partial charge is 0.454 e. The maximum atomic E-state index is 10.9. The molecule has 15 heavy (non-hydrogen) atoms. The van der Waals surface area contributed by atoms with Gasteiger partial charge in [0, 0.05) is 10.9 Å². The fourth-order valence-electron chi connectivity index (χ4n) is 1.86. The molecule has 2 aromatic rings. The molecule has 3 nitrogen and oxygen atoms in total. The fraction of sp³-hybridized carbons (Fsp3) is 0.0833. The molecule has 0 N–H and O–H groups in total. The molecule has 2 aromatic carbocycles. The van der Waals surface area contributed by atoms with E-state index in [1.54, 1.807) is 6.07 Å². The average Bonchev–Trinajstić information content (AvgIpc) is 2.76. The van der Waals surface area contributed by atoms with Crippen LogP contribution in [-0.4, -0.2) is 13.1 Å². The number of rotatable bonds is 1. The van der Waals surface area contributed by atoms with Crippen LogP contribution < -0.4 is 9.47 Å². The summed E-state index contributed by atoms with van der Waals surface area (Å²) >= 11 is 0. The van der Waals surface area contributed by atoms with E-state index in [4.69, 9.17) is 9.47 Å². The van der Waals surface area contributed by atoms with Gasteiger partial charge in [-0.3, -0.25) is 4.79 Å². The summed E-state index contributed by atoms with van der Waals surface area (Å²) in [4.78, 5) is 10.9. The van der Waals surface area contributed by atoms with Gasteiger partial charge in [0.2, 0.25) is 6.79 Å². The standard InChI is InChI=1S/C12H8O3/c13-6-9-3-1-2-8-4-5-10-12(11(8)9)15-7-14-10/h1-6H,7H2. The first-order chi connectivity index (χ1) is 7.40. The highest BCUT2D eigenvalue weighted by Gasteiger charge is 2.18. The van der Waals surface area contributed by atoms with Crippen molar-refractivity contribution in [3.8, 4) is 11.5 Å². The Balaban J connectivity index is 2.46. The van der Waals surface area contributed by atoms with Gasteiger partial charge in [0.1, 0.15) is 0 Å². The van der Waals surface area contributed by atoms with Gasteiger partial charge in [0.25, 0.3) is 0 Å². The van der Waals surface area contributed by atoms with E-state index in [1.165, 1.54) is 0 Å². The molecule has 3 heteroatoms. The first-order valence-corrected chi connectivity index (χ1v) is 4.66. The Morgan fingerprint density at radius 1 is 1.13 bits per heavy atom. The molecule has 0 fully saturated rings. The minimum Gasteiger partial charge on any atom is -0.454 e. The van der Waals surface area contributed by atoms with Crippen LogP contribution in [0.2, 0.25) is 0 Å². The lowest BCUT2D eigenvalue weighted by Crippen LogP contribution is -1.93. The number of hydrogen-bond donors (Lipinski definition) is 0. The average molecular weight is 200 g/mol. The van der Waals surface area contributed by atoms with Gasteiger partial charge < -0.3 is 9.47 Å². The van der Waals surface area contributed by atoms with Crippen LogP contribution in [0, 0.1) is 0 Å². The minimum absolute atomic E-state index is 0.224. The number of fused-ring (bicyclic) bond motifs is 3. The highest BCUT2D eigenvalue weighted by atomic mass is 16.7. The van der Waals surface area contributed by atoms with Crippen molar-refractivity contribution in [3.63, 3.8) is 0 Å². The Bertz CT molecular complexity index is 546. The Kier molecular flexibility index (Phi) is 1.65. The Morgan fingerprint density at radius 2 is 2.07 bits per heavy atom. The second-order valence-corrected chi connectivity index (χ2v) is 3.36. The van der Waals surface area contributed by atoms with Gasteiger partial charge >= 0.3 is 0 Å². The number of carbonyl (C=O) groups excluding carboxylic acids is 1. The van der Waals surface area contributed by atoms with Crippen LogP contribution in [0.4, 0.5) is 0 Å². The molecule has 0 bridgehead atoms. The van der Waals surface area contributed by atoms with Crippen LogP contribution >= 0.6 is 0 Å². The molecule has 0 atom stereocenters. The molecule has 1 heterocycles. The lowest BCUT2D eigenvalue weighted by molar-refractivity contribution is 0.112. The fourth-order valence-corrected chi connectivity index (χ4v) is 1.86. The first kappa shape index (κ1) is 8.29. The molecule has 3 rings (SSSR count). The van der Waals surface area contributed by atoms with Gasteiger partial charge in [0.05, 0.1) is 0 Å². The molecule has 74 valence electrons. The molecule has 0 radical (unpaired) electrons. The van der Waals surface area contributed by atoms with Crippen molar-refractivity contribution in [3.05, 3.63) is 35.9 Å². The Morgan fingerprint density at radius 3 is 2.93 bits per heavy atom. The van der Waals surface area contributed by atoms with Crippen LogP contribution in [0.3, 0.4) is 0 Å². The van der Waals surface area contributed by atoms with Crippen molar-refractivity contribution in [2.24, 2.45) is 0 Å². The monoisotopic (exact) mass is 200 g/mol. The van der Waals surface area contributed by atoms with E-state index < -0.39 is 0 Å². The minimum atomic E-state index is 0.224. The van der Waals surface area contributed by atoms with Crippen molar-refractivity contribution < 1.29 is 14.3 Å². The third kappa shape index (κ3) is 1.09. The molecule has 0 saturated carbocycles. The number of ether oxygens (including phenoxy) is 2. The zero-order valence-corrected chi connectivity index (χ0v) is 7.90. The van der Waals surface area contributed by atoms with Crippen LogP contribution in [0.1, 0.15) is 10.4 Å². The molecular weight excluding hydrogens is 192 g/mol. The van der Waals surface area contributed by atoms with Gasteiger partial charge in [-0.25, -0.2) is 0 Å². The summed E-state index contributed by atoms with van der Waals surface area (Å²) in [6.07, 6.45) is 0.838. The SMILES string of the molecule is O=Cc1cccc2ccc3c(c12)OCO3. The predicted molar refractivity (Wildman–Crippen MR) is 55.5 cm³/mol. The predicted octanol–water partition coefficient (Wildman–Crippen LogP) is 2.38. The van der Waals surface area contributed by atoms with E-state index in [1.807, 2.05) is 24.3 Å². The highest BCUT2D eigenvalue weighted by molar-refractivity contribution is 6.03. The molecule has 0 unspecified atom stereocenters. The van der Waals surface area contributed by atoms with E-state index in [2.05, 4.69) is 0 Å². The zero-order chi connectivity index (χ0) is 10.3. The second-order valence-electron chi connectivity index (χ2n) is 3.36. The smallest absolute Gasteiger partial charge is 0.231 e. The van der Waals surface area contributed by atoms with Gasteiger partial charge in [-0.15, -0.1) is 0 Å². The third-order valence-corrected chi connectivity index (χ3v) is 2.54. The summed E-state index contributed by atoms with van der Waals surface area (Å²) in [6.45, 7) is 0.224. The van der Waals surface area contributed by atoms with E-state index >= 15 is 0 Å². The van der Waals surface area contributed by atoms with E-state index in [0.29, 0.717) is 17.1 Å². The molecule has 0 saturated heterocycles. The molecule has 0 amide bonds. The quantitative estimate of drug-likeness (QED) is 0.663. The van der Waals surface area contributed by atoms with Crippen molar-refractivity contribution >= 4 is 17.1 Å². The van der Waals surface area contributed by atoms with Gasteiger partial charge in [-0.05, 0) is 11.5 Å². The number of aldehydes is 1. The van der Waals surface area contributed by atoms with Crippen molar-refractivity contribution in [1.82, 2.24) is 0 Å². The number of hydrogen-bond acceptors (Lipinski definition) is 3. The summed E-state index contributed by atoms with van der Waals surface area (Å²) in [5, 5.41) is 1.83. The van der Waals surface area contributed by atoms with Gasteiger partial charge in [0.15, 0.2) is 17.8 Å². The topological polar surface area (TPSA) is 35.5 Å². The van der Waals surface area contributed by atoms with Gasteiger partial charge in [-0.1, -0.05) is 24.3 Å². The molecule has 0 aliphatic carbocycles. The zero-order valence-electron chi connectivity index (χ0n) is 7.90. The van der Waals surface area contributed by atoms with Crippen LogP contribution in [0.5, 0.6) is 11.5 Å². The van der Waals surface area contributed by atoms with Crippen LogP contribution in [0.15, 0.2) is 30.3 Å². The molecule has 0 spiro atoms. The summed E-state index contributed by atoms with van der Waals surface area (Å²) < 4.78 is 10.6. The normalized spacial score (nSPS) is 13.1. The van der Waals surface area contributed by atoms with Crippen molar-refractivity contribution in [2.75, 3.05) is 6.79 Å². The highest BCUT2D eigenvalue weighted by Crippen LogP contribution is 2.40. The lowest BCUT2D eigenvalue weighted by Gasteiger charge is -2.04. The molecular formula is C12H8O3. The second kappa shape index (κ2) is 2.98. The number of benzene rings is 2. The first-order valence-electron chi connectivity index (χ1n) is 4.66. The lowest BCUT2D eigenvalue weighted by atomic mass is 10.0. The van der Waals surface area contributed by atoms with E-state index in [0.717, 1.165) is 17.1 Å².